The molecule has 0 bridgehead atoms. The molecule has 0 atom stereocenters. The van der Waals surface area contributed by atoms with E-state index in [2.05, 4.69) is 10.3 Å². The zero-order valence-corrected chi connectivity index (χ0v) is 11.6. The SMILES string of the molecule is C/C=C\Nc1cc(COc2ccc(C)c(F)c2)ccn1. The maximum atomic E-state index is 13.4. The molecular weight excluding hydrogens is 255 g/mol. The van der Waals surface area contributed by atoms with Gasteiger partial charge in [-0.2, -0.15) is 0 Å². The van der Waals surface area contributed by atoms with Crippen molar-refractivity contribution < 1.29 is 9.13 Å². The highest BCUT2D eigenvalue weighted by Crippen LogP contribution is 2.17. The van der Waals surface area contributed by atoms with Gasteiger partial charge < -0.3 is 10.1 Å². The Morgan fingerprint density at radius 1 is 1.30 bits per heavy atom. The Morgan fingerprint density at radius 2 is 2.15 bits per heavy atom. The molecule has 2 rings (SSSR count). The second-order valence-electron chi connectivity index (χ2n) is 4.39. The van der Waals surface area contributed by atoms with Gasteiger partial charge in [-0.15, -0.1) is 0 Å². The summed E-state index contributed by atoms with van der Waals surface area (Å²) in [6, 6.07) is 8.63. The number of pyridine rings is 1. The summed E-state index contributed by atoms with van der Waals surface area (Å²) in [6.45, 7) is 4.02. The van der Waals surface area contributed by atoms with E-state index >= 15 is 0 Å². The minimum Gasteiger partial charge on any atom is -0.489 e. The van der Waals surface area contributed by atoms with E-state index in [9.17, 15) is 4.39 Å². The summed E-state index contributed by atoms with van der Waals surface area (Å²) in [7, 11) is 0. The van der Waals surface area contributed by atoms with Crippen LogP contribution in [-0.2, 0) is 6.61 Å². The van der Waals surface area contributed by atoms with E-state index in [4.69, 9.17) is 4.74 Å². The van der Waals surface area contributed by atoms with Crippen LogP contribution in [0.5, 0.6) is 5.75 Å². The van der Waals surface area contributed by atoms with Crippen molar-refractivity contribution in [2.24, 2.45) is 0 Å². The summed E-state index contributed by atoms with van der Waals surface area (Å²) < 4.78 is 19.0. The number of benzene rings is 1. The first-order valence-electron chi connectivity index (χ1n) is 6.40. The standard InChI is InChI=1S/C16H17FN2O/c1-3-7-18-16-9-13(6-8-19-16)11-20-14-5-4-12(2)15(17)10-14/h3-10H,11H2,1-2H3,(H,18,19)/b7-3-. The average Bonchev–Trinajstić information content (AvgIpc) is 2.47. The van der Waals surface area contributed by atoms with Crippen molar-refractivity contribution in [2.45, 2.75) is 20.5 Å². The van der Waals surface area contributed by atoms with E-state index < -0.39 is 0 Å². The fraction of sp³-hybridized carbons (Fsp3) is 0.188. The number of ether oxygens (including phenoxy) is 1. The molecule has 0 saturated heterocycles. The van der Waals surface area contributed by atoms with Crippen LogP contribution in [0.4, 0.5) is 10.2 Å². The first kappa shape index (κ1) is 14.1. The number of aryl methyl sites for hydroxylation is 1. The number of allylic oxidation sites excluding steroid dienone is 1. The summed E-state index contributed by atoms with van der Waals surface area (Å²) in [5.74, 6) is 1.01. The van der Waals surface area contributed by atoms with E-state index in [1.165, 1.54) is 6.07 Å². The number of hydrogen-bond donors (Lipinski definition) is 1. The minimum atomic E-state index is -0.257. The molecule has 1 N–H and O–H groups in total. The van der Waals surface area contributed by atoms with Crippen LogP contribution < -0.4 is 10.1 Å². The number of hydrogen-bond acceptors (Lipinski definition) is 3. The first-order valence-corrected chi connectivity index (χ1v) is 6.40. The molecule has 0 fully saturated rings. The molecule has 0 aliphatic heterocycles. The minimum absolute atomic E-state index is 0.257. The predicted molar refractivity (Wildman–Crippen MR) is 78.1 cm³/mol. The summed E-state index contributed by atoms with van der Waals surface area (Å²) in [5, 5.41) is 3.04. The van der Waals surface area contributed by atoms with Gasteiger partial charge in [0, 0.05) is 12.3 Å². The normalized spacial score (nSPS) is 10.8. The van der Waals surface area contributed by atoms with Gasteiger partial charge in [-0.05, 0) is 49.4 Å². The van der Waals surface area contributed by atoms with Crippen molar-refractivity contribution in [1.82, 2.24) is 4.98 Å². The molecule has 0 amide bonds. The van der Waals surface area contributed by atoms with E-state index in [-0.39, 0.29) is 5.82 Å². The van der Waals surface area contributed by atoms with Crippen LogP contribution in [0.2, 0.25) is 0 Å². The molecule has 0 aliphatic rings. The third-order valence-corrected chi connectivity index (χ3v) is 2.77. The Balaban J connectivity index is 2.01. The Hall–Kier alpha value is -2.36. The Labute approximate surface area is 118 Å². The molecular formula is C16H17FN2O. The second-order valence-corrected chi connectivity index (χ2v) is 4.39. The number of rotatable bonds is 5. The average molecular weight is 272 g/mol. The molecule has 20 heavy (non-hydrogen) atoms. The van der Waals surface area contributed by atoms with Gasteiger partial charge in [-0.1, -0.05) is 12.1 Å². The number of nitrogens with zero attached hydrogens (tertiary/aromatic N) is 1. The van der Waals surface area contributed by atoms with Gasteiger partial charge in [0.1, 0.15) is 24.0 Å². The van der Waals surface area contributed by atoms with Gasteiger partial charge in [0.05, 0.1) is 0 Å². The molecule has 0 aliphatic carbocycles. The van der Waals surface area contributed by atoms with Gasteiger partial charge in [-0.3, -0.25) is 0 Å². The lowest BCUT2D eigenvalue weighted by atomic mass is 10.2. The zero-order chi connectivity index (χ0) is 14.4. The van der Waals surface area contributed by atoms with Gasteiger partial charge in [-0.25, -0.2) is 9.37 Å². The molecule has 4 heteroatoms. The summed E-state index contributed by atoms with van der Waals surface area (Å²) >= 11 is 0. The fourth-order valence-electron chi connectivity index (χ4n) is 1.64. The molecule has 1 aromatic heterocycles. The topological polar surface area (TPSA) is 34.1 Å². The lowest BCUT2D eigenvalue weighted by Crippen LogP contribution is -1.98. The highest BCUT2D eigenvalue weighted by Gasteiger charge is 2.01. The molecule has 0 radical (unpaired) electrons. The molecule has 104 valence electrons. The molecule has 0 saturated carbocycles. The Morgan fingerprint density at radius 3 is 2.90 bits per heavy atom. The monoisotopic (exact) mass is 272 g/mol. The van der Waals surface area contributed by atoms with Crippen LogP contribution in [-0.4, -0.2) is 4.98 Å². The number of nitrogens with one attached hydrogen (secondary N) is 1. The molecule has 0 unspecified atom stereocenters. The molecule has 3 nitrogen and oxygen atoms in total. The second kappa shape index (κ2) is 6.70. The first-order chi connectivity index (χ1) is 9.69. The van der Waals surface area contributed by atoms with Crippen LogP contribution in [0.15, 0.2) is 48.8 Å². The van der Waals surface area contributed by atoms with Crippen LogP contribution in [0.3, 0.4) is 0 Å². The van der Waals surface area contributed by atoms with E-state index in [1.54, 1.807) is 25.3 Å². The van der Waals surface area contributed by atoms with Crippen molar-refractivity contribution in [3.63, 3.8) is 0 Å². The lowest BCUT2D eigenvalue weighted by Gasteiger charge is -2.08. The van der Waals surface area contributed by atoms with E-state index in [0.29, 0.717) is 17.9 Å². The van der Waals surface area contributed by atoms with E-state index in [0.717, 1.165) is 11.4 Å². The van der Waals surface area contributed by atoms with Gasteiger partial charge >= 0.3 is 0 Å². The zero-order valence-electron chi connectivity index (χ0n) is 11.6. The number of aromatic nitrogens is 1. The van der Waals surface area contributed by atoms with Crippen LogP contribution in [0.1, 0.15) is 18.1 Å². The maximum absolute atomic E-state index is 13.4. The molecule has 0 spiro atoms. The highest BCUT2D eigenvalue weighted by atomic mass is 19.1. The molecule has 1 heterocycles. The molecule has 1 aromatic carbocycles. The summed E-state index contributed by atoms with van der Waals surface area (Å²) in [5.41, 5.74) is 1.58. The summed E-state index contributed by atoms with van der Waals surface area (Å²) in [4.78, 5) is 4.18. The lowest BCUT2D eigenvalue weighted by molar-refractivity contribution is 0.304. The Bertz CT molecular complexity index is 611. The largest absolute Gasteiger partial charge is 0.489 e. The van der Waals surface area contributed by atoms with Crippen molar-refractivity contribution in [2.75, 3.05) is 5.32 Å². The predicted octanol–water partition coefficient (Wildman–Crippen LogP) is 4.05. The van der Waals surface area contributed by atoms with Crippen LogP contribution >= 0.6 is 0 Å². The van der Waals surface area contributed by atoms with Gasteiger partial charge in [0.25, 0.3) is 0 Å². The van der Waals surface area contributed by atoms with Gasteiger partial charge in [0.2, 0.25) is 0 Å². The quantitative estimate of drug-likeness (QED) is 0.891. The third kappa shape index (κ3) is 3.82. The number of anilines is 1. The van der Waals surface area contributed by atoms with Crippen molar-refractivity contribution in [3.05, 3.63) is 65.7 Å². The molecule has 2 aromatic rings. The van der Waals surface area contributed by atoms with Crippen LogP contribution in [0, 0.1) is 12.7 Å². The fourth-order valence-corrected chi connectivity index (χ4v) is 1.64. The van der Waals surface area contributed by atoms with Crippen molar-refractivity contribution in [1.29, 1.82) is 0 Å². The number of halogens is 1. The highest BCUT2D eigenvalue weighted by molar-refractivity contribution is 5.40. The third-order valence-electron chi connectivity index (χ3n) is 2.77. The maximum Gasteiger partial charge on any atom is 0.130 e. The summed E-state index contributed by atoms with van der Waals surface area (Å²) in [6.07, 6.45) is 5.41. The van der Waals surface area contributed by atoms with Crippen LogP contribution in [0.25, 0.3) is 0 Å². The van der Waals surface area contributed by atoms with Gasteiger partial charge in [0.15, 0.2) is 0 Å². The van der Waals surface area contributed by atoms with Crippen molar-refractivity contribution in [3.8, 4) is 5.75 Å². The smallest absolute Gasteiger partial charge is 0.130 e. The van der Waals surface area contributed by atoms with E-state index in [1.807, 2.05) is 31.3 Å². The van der Waals surface area contributed by atoms with Crippen molar-refractivity contribution >= 4 is 5.82 Å². The Kier molecular flexibility index (Phi) is 4.71.